The zero-order chi connectivity index (χ0) is 11.5. The second-order valence-corrected chi connectivity index (χ2v) is 3.36. The Morgan fingerprint density at radius 2 is 2.38 bits per heavy atom. The minimum Gasteiger partial charge on any atom is -0.361 e. The first-order valence-electron chi connectivity index (χ1n) is 4.74. The van der Waals surface area contributed by atoms with E-state index in [2.05, 4.69) is 25.7 Å². The molecule has 0 aliphatic carbocycles. The van der Waals surface area contributed by atoms with Gasteiger partial charge >= 0.3 is 0 Å². The first-order chi connectivity index (χ1) is 7.65. The molecule has 0 radical (unpaired) electrons. The predicted molar refractivity (Wildman–Crippen MR) is 53.5 cm³/mol. The molecule has 0 aliphatic rings. The molecule has 0 unspecified atom stereocenters. The van der Waals surface area contributed by atoms with Crippen LogP contribution in [0.1, 0.15) is 27.9 Å². The molecular formula is C9H11N5O2. The number of nitrogens with zero attached hydrogens (tertiary/aromatic N) is 3. The Hall–Kier alpha value is -2.18. The van der Waals surface area contributed by atoms with Crippen molar-refractivity contribution < 1.29 is 9.32 Å². The number of aryl methyl sites for hydroxylation is 2. The van der Waals surface area contributed by atoms with Crippen molar-refractivity contribution in [1.82, 2.24) is 25.7 Å². The molecule has 1 amide bonds. The van der Waals surface area contributed by atoms with E-state index in [9.17, 15) is 4.79 Å². The fourth-order valence-electron chi connectivity index (χ4n) is 1.20. The first kappa shape index (κ1) is 10.3. The minimum atomic E-state index is -0.343. The summed E-state index contributed by atoms with van der Waals surface area (Å²) in [6, 6.07) is 1.75. The number of amides is 1. The molecule has 0 aliphatic heterocycles. The molecule has 2 N–H and O–H groups in total. The molecule has 7 heteroatoms. The minimum absolute atomic E-state index is 0.123. The maximum atomic E-state index is 11.5. The Kier molecular flexibility index (Phi) is 2.67. The summed E-state index contributed by atoms with van der Waals surface area (Å²) in [5.74, 6) is 1.09. The van der Waals surface area contributed by atoms with E-state index < -0.39 is 0 Å². The van der Waals surface area contributed by atoms with Crippen LogP contribution in [0.15, 0.2) is 10.6 Å². The van der Waals surface area contributed by atoms with E-state index in [0.717, 1.165) is 0 Å². The van der Waals surface area contributed by atoms with Crippen molar-refractivity contribution in [2.45, 2.75) is 20.4 Å². The summed E-state index contributed by atoms with van der Waals surface area (Å²) in [5.41, 5.74) is 0.665. The highest BCUT2D eigenvalue weighted by atomic mass is 16.5. The van der Waals surface area contributed by atoms with E-state index >= 15 is 0 Å². The summed E-state index contributed by atoms with van der Waals surface area (Å²) in [6.45, 7) is 3.81. The van der Waals surface area contributed by atoms with Crippen molar-refractivity contribution in [1.29, 1.82) is 0 Å². The number of H-pyrrole nitrogens is 1. The van der Waals surface area contributed by atoms with Gasteiger partial charge in [0.1, 0.15) is 17.3 Å². The van der Waals surface area contributed by atoms with Crippen LogP contribution in [0.3, 0.4) is 0 Å². The van der Waals surface area contributed by atoms with E-state index in [1.165, 1.54) is 0 Å². The van der Waals surface area contributed by atoms with Crippen LogP contribution in [-0.4, -0.2) is 26.2 Å². The van der Waals surface area contributed by atoms with Gasteiger partial charge in [-0.05, 0) is 13.8 Å². The molecule has 2 rings (SSSR count). The summed E-state index contributed by atoms with van der Waals surface area (Å²) in [5, 5.41) is 12.7. The van der Waals surface area contributed by atoms with Crippen LogP contribution in [0.25, 0.3) is 0 Å². The third-order valence-electron chi connectivity index (χ3n) is 1.91. The summed E-state index contributed by atoms with van der Waals surface area (Å²) in [7, 11) is 0. The first-order valence-corrected chi connectivity index (χ1v) is 4.74. The average molecular weight is 221 g/mol. The smallest absolute Gasteiger partial charge is 0.291 e. The number of rotatable bonds is 3. The molecular weight excluding hydrogens is 210 g/mol. The van der Waals surface area contributed by atoms with Gasteiger partial charge in [-0.3, -0.25) is 9.89 Å². The van der Waals surface area contributed by atoms with Crippen molar-refractivity contribution in [2.75, 3.05) is 0 Å². The molecule has 84 valence electrons. The Morgan fingerprint density at radius 3 is 2.94 bits per heavy atom. The van der Waals surface area contributed by atoms with Crippen LogP contribution < -0.4 is 5.32 Å². The van der Waals surface area contributed by atoms with E-state index in [4.69, 9.17) is 4.52 Å². The van der Waals surface area contributed by atoms with Gasteiger partial charge in [-0.15, -0.1) is 5.10 Å². The van der Waals surface area contributed by atoms with Gasteiger partial charge in [-0.25, -0.2) is 4.98 Å². The Labute approximate surface area is 91.2 Å². The standard InChI is InChI=1S/C9H11N5O2/c1-5-3-7(14-16-5)4-10-9(15)8-11-6(2)12-13-8/h3H,4H2,1-2H3,(H,10,15)(H,11,12,13). The van der Waals surface area contributed by atoms with E-state index in [0.29, 0.717) is 23.8 Å². The SMILES string of the molecule is Cc1nc(C(=O)NCc2cc(C)on2)n[nH]1. The highest BCUT2D eigenvalue weighted by Gasteiger charge is 2.11. The Balaban J connectivity index is 1.93. The van der Waals surface area contributed by atoms with Crippen LogP contribution in [0.5, 0.6) is 0 Å². The molecule has 2 aromatic heterocycles. The fraction of sp³-hybridized carbons (Fsp3) is 0.333. The highest BCUT2D eigenvalue weighted by molar-refractivity contribution is 5.90. The lowest BCUT2D eigenvalue weighted by Crippen LogP contribution is -2.24. The van der Waals surface area contributed by atoms with Crippen molar-refractivity contribution in [2.24, 2.45) is 0 Å². The van der Waals surface area contributed by atoms with Crippen molar-refractivity contribution in [3.8, 4) is 0 Å². The van der Waals surface area contributed by atoms with Crippen LogP contribution in [-0.2, 0) is 6.54 Å². The average Bonchev–Trinajstić information content (AvgIpc) is 2.84. The third-order valence-corrected chi connectivity index (χ3v) is 1.91. The number of aromatic amines is 1. The molecule has 0 atom stereocenters. The van der Waals surface area contributed by atoms with Crippen LogP contribution in [0, 0.1) is 13.8 Å². The fourth-order valence-corrected chi connectivity index (χ4v) is 1.20. The zero-order valence-corrected chi connectivity index (χ0v) is 8.94. The van der Waals surface area contributed by atoms with Gasteiger partial charge in [0.05, 0.1) is 6.54 Å². The molecule has 0 aromatic carbocycles. The molecule has 0 bridgehead atoms. The summed E-state index contributed by atoms with van der Waals surface area (Å²) in [4.78, 5) is 15.4. The maximum Gasteiger partial charge on any atom is 0.291 e. The molecule has 0 saturated carbocycles. The molecule has 0 spiro atoms. The lowest BCUT2D eigenvalue weighted by atomic mass is 10.4. The van der Waals surface area contributed by atoms with Gasteiger partial charge in [0.25, 0.3) is 5.91 Å². The lowest BCUT2D eigenvalue weighted by Gasteiger charge is -1.97. The lowest BCUT2D eigenvalue weighted by molar-refractivity contribution is 0.0940. The summed E-state index contributed by atoms with van der Waals surface area (Å²) < 4.78 is 4.87. The maximum absolute atomic E-state index is 11.5. The zero-order valence-electron chi connectivity index (χ0n) is 8.94. The molecule has 2 heterocycles. The molecule has 7 nitrogen and oxygen atoms in total. The number of carbonyl (C=O) groups is 1. The third kappa shape index (κ3) is 2.25. The highest BCUT2D eigenvalue weighted by Crippen LogP contribution is 2.01. The van der Waals surface area contributed by atoms with Gasteiger partial charge in [0, 0.05) is 6.07 Å². The summed E-state index contributed by atoms with van der Waals surface area (Å²) >= 11 is 0. The Bertz CT molecular complexity index is 501. The molecule has 0 fully saturated rings. The largest absolute Gasteiger partial charge is 0.361 e. The predicted octanol–water partition coefficient (Wildman–Crippen LogP) is 0.340. The summed E-state index contributed by atoms with van der Waals surface area (Å²) in [6.07, 6.45) is 0. The monoisotopic (exact) mass is 221 g/mol. The van der Waals surface area contributed by atoms with Gasteiger partial charge < -0.3 is 9.84 Å². The Morgan fingerprint density at radius 1 is 1.56 bits per heavy atom. The topological polar surface area (TPSA) is 96.7 Å². The van der Waals surface area contributed by atoms with Gasteiger partial charge in [-0.1, -0.05) is 5.16 Å². The second-order valence-electron chi connectivity index (χ2n) is 3.36. The van der Waals surface area contributed by atoms with Gasteiger partial charge in [0.15, 0.2) is 0 Å². The van der Waals surface area contributed by atoms with Crippen LogP contribution >= 0.6 is 0 Å². The second kappa shape index (κ2) is 4.13. The van der Waals surface area contributed by atoms with E-state index in [1.54, 1.807) is 19.9 Å². The molecule has 16 heavy (non-hydrogen) atoms. The van der Waals surface area contributed by atoms with Gasteiger partial charge in [-0.2, -0.15) is 0 Å². The number of hydrogen-bond acceptors (Lipinski definition) is 5. The molecule has 0 saturated heterocycles. The normalized spacial score (nSPS) is 10.4. The van der Waals surface area contributed by atoms with Crippen LogP contribution in [0.4, 0.5) is 0 Å². The number of nitrogens with one attached hydrogen (secondary N) is 2. The van der Waals surface area contributed by atoms with Crippen molar-refractivity contribution in [3.63, 3.8) is 0 Å². The quantitative estimate of drug-likeness (QED) is 0.778. The molecule has 2 aromatic rings. The number of hydrogen-bond donors (Lipinski definition) is 2. The van der Waals surface area contributed by atoms with Crippen LogP contribution in [0.2, 0.25) is 0 Å². The van der Waals surface area contributed by atoms with Gasteiger partial charge in [0.2, 0.25) is 5.82 Å². The van der Waals surface area contributed by atoms with Crippen molar-refractivity contribution >= 4 is 5.91 Å². The van der Waals surface area contributed by atoms with E-state index in [1.807, 2.05) is 0 Å². The van der Waals surface area contributed by atoms with Crippen molar-refractivity contribution in [3.05, 3.63) is 29.2 Å². The van der Waals surface area contributed by atoms with E-state index in [-0.39, 0.29) is 11.7 Å². The number of aromatic nitrogens is 4. The number of carbonyl (C=O) groups excluding carboxylic acids is 1.